The highest BCUT2D eigenvalue weighted by molar-refractivity contribution is 5.94. The van der Waals surface area contributed by atoms with E-state index in [0.29, 0.717) is 17.1 Å². The topological polar surface area (TPSA) is 35.5 Å². The second kappa shape index (κ2) is 7.67. The van der Waals surface area contributed by atoms with E-state index in [1.807, 2.05) is 68.4 Å². The first kappa shape index (κ1) is 16.8. The van der Waals surface area contributed by atoms with E-state index >= 15 is 0 Å². The van der Waals surface area contributed by atoms with E-state index < -0.39 is 5.97 Å². The van der Waals surface area contributed by atoms with Crippen molar-refractivity contribution in [2.75, 3.05) is 0 Å². The largest absolute Gasteiger partial charge is 0.490 e. The molecule has 0 aliphatic carbocycles. The number of para-hydroxylation sites is 2. The van der Waals surface area contributed by atoms with Crippen LogP contribution in [0.3, 0.4) is 0 Å². The maximum atomic E-state index is 12.7. The summed E-state index contributed by atoms with van der Waals surface area (Å²) >= 11 is 0. The zero-order valence-corrected chi connectivity index (χ0v) is 14.3. The fraction of sp³-hybridized carbons (Fsp3) is 0.136. The van der Waals surface area contributed by atoms with E-state index in [0.717, 1.165) is 11.1 Å². The summed E-state index contributed by atoms with van der Waals surface area (Å²) in [6.07, 6.45) is -0.0226. The Labute approximate surface area is 147 Å². The molecule has 0 aliphatic heterocycles. The van der Waals surface area contributed by atoms with Gasteiger partial charge in [0.05, 0.1) is 6.10 Å². The van der Waals surface area contributed by atoms with Gasteiger partial charge in [-0.3, -0.25) is 0 Å². The number of rotatable bonds is 5. The van der Waals surface area contributed by atoms with Gasteiger partial charge in [-0.15, -0.1) is 0 Å². The summed E-state index contributed by atoms with van der Waals surface area (Å²) in [5.41, 5.74) is 2.29. The van der Waals surface area contributed by atoms with Crippen molar-refractivity contribution in [2.24, 2.45) is 0 Å². The van der Waals surface area contributed by atoms with Gasteiger partial charge in [0.1, 0.15) is 17.1 Å². The van der Waals surface area contributed by atoms with Crippen LogP contribution in [-0.2, 0) is 0 Å². The Morgan fingerprint density at radius 1 is 0.760 bits per heavy atom. The number of esters is 1. The van der Waals surface area contributed by atoms with Crippen LogP contribution in [0, 0.1) is 0 Å². The van der Waals surface area contributed by atoms with Crippen LogP contribution in [0.2, 0.25) is 0 Å². The maximum absolute atomic E-state index is 12.7. The van der Waals surface area contributed by atoms with Gasteiger partial charge >= 0.3 is 5.97 Å². The highest BCUT2D eigenvalue weighted by Gasteiger charge is 2.17. The summed E-state index contributed by atoms with van der Waals surface area (Å²) in [5.74, 6) is 0.623. The molecule has 0 saturated heterocycles. The molecule has 0 N–H and O–H groups in total. The Morgan fingerprint density at radius 3 is 2.08 bits per heavy atom. The summed E-state index contributed by atoms with van der Waals surface area (Å²) in [6, 6.07) is 24.5. The van der Waals surface area contributed by atoms with Crippen molar-refractivity contribution in [3.63, 3.8) is 0 Å². The van der Waals surface area contributed by atoms with Gasteiger partial charge in [0.2, 0.25) is 0 Å². The first-order valence-electron chi connectivity index (χ1n) is 8.27. The zero-order valence-electron chi connectivity index (χ0n) is 14.3. The number of benzene rings is 3. The van der Waals surface area contributed by atoms with Crippen LogP contribution in [0.4, 0.5) is 0 Å². The van der Waals surface area contributed by atoms with Crippen molar-refractivity contribution >= 4 is 5.97 Å². The minimum Gasteiger partial charge on any atom is -0.490 e. The van der Waals surface area contributed by atoms with Crippen LogP contribution in [0.5, 0.6) is 11.5 Å². The Hall–Kier alpha value is -3.07. The molecular formula is C22H20O3. The number of hydrogen-bond donors (Lipinski definition) is 0. The minimum atomic E-state index is -0.431. The number of hydrogen-bond acceptors (Lipinski definition) is 3. The molecular weight excluding hydrogens is 312 g/mol. The van der Waals surface area contributed by atoms with Crippen LogP contribution in [0.15, 0.2) is 78.9 Å². The van der Waals surface area contributed by atoms with Crippen LogP contribution >= 0.6 is 0 Å². The third-order valence-electron chi connectivity index (χ3n) is 3.64. The van der Waals surface area contributed by atoms with Gasteiger partial charge in [-0.1, -0.05) is 60.7 Å². The molecule has 3 nitrogen and oxygen atoms in total. The van der Waals surface area contributed by atoms with Gasteiger partial charge in [0.15, 0.2) is 0 Å². The van der Waals surface area contributed by atoms with Gasteiger partial charge in [-0.2, -0.15) is 0 Å². The molecule has 0 saturated carbocycles. The lowest BCUT2D eigenvalue weighted by Crippen LogP contribution is -2.14. The molecule has 0 aliphatic rings. The van der Waals surface area contributed by atoms with Gasteiger partial charge in [0.25, 0.3) is 0 Å². The number of carbonyl (C=O) groups excluding carboxylic acids is 1. The third-order valence-corrected chi connectivity index (χ3v) is 3.64. The average Bonchev–Trinajstić information content (AvgIpc) is 2.63. The first-order chi connectivity index (χ1) is 12.1. The molecule has 3 aromatic rings. The summed E-state index contributed by atoms with van der Waals surface area (Å²) < 4.78 is 11.4. The zero-order chi connectivity index (χ0) is 17.6. The Bertz CT molecular complexity index is 854. The van der Waals surface area contributed by atoms with Crippen molar-refractivity contribution in [3.05, 3.63) is 84.4 Å². The van der Waals surface area contributed by atoms with Crippen molar-refractivity contribution < 1.29 is 14.3 Å². The monoisotopic (exact) mass is 332 g/mol. The summed E-state index contributed by atoms with van der Waals surface area (Å²) in [6.45, 7) is 3.85. The van der Waals surface area contributed by atoms with Gasteiger partial charge < -0.3 is 9.47 Å². The first-order valence-corrected chi connectivity index (χ1v) is 8.27. The molecule has 25 heavy (non-hydrogen) atoms. The molecule has 0 bridgehead atoms. The molecule has 0 radical (unpaired) electrons. The van der Waals surface area contributed by atoms with Gasteiger partial charge in [-0.25, -0.2) is 4.79 Å². The molecule has 3 aromatic carbocycles. The van der Waals surface area contributed by atoms with Crippen LogP contribution in [0.1, 0.15) is 24.2 Å². The summed E-state index contributed by atoms with van der Waals surface area (Å²) in [5, 5.41) is 0. The number of carbonyl (C=O) groups is 1. The van der Waals surface area contributed by atoms with Crippen molar-refractivity contribution in [1.29, 1.82) is 0 Å². The van der Waals surface area contributed by atoms with E-state index in [1.165, 1.54) is 0 Å². The van der Waals surface area contributed by atoms with E-state index in [2.05, 4.69) is 0 Å². The Balaban J connectivity index is 1.91. The fourth-order valence-electron chi connectivity index (χ4n) is 2.56. The highest BCUT2D eigenvalue weighted by Crippen LogP contribution is 2.31. The lowest BCUT2D eigenvalue weighted by atomic mass is 10.0. The molecule has 0 amide bonds. The van der Waals surface area contributed by atoms with Crippen LogP contribution in [-0.4, -0.2) is 12.1 Å². The minimum absolute atomic E-state index is 0.0226. The normalized spacial score (nSPS) is 10.5. The lowest BCUT2D eigenvalue weighted by Gasteiger charge is -2.14. The number of ether oxygens (including phenoxy) is 2. The van der Waals surface area contributed by atoms with E-state index in [1.54, 1.807) is 24.3 Å². The Kier molecular flexibility index (Phi) is 5.14. The molecule has 0 heterocycles. The van der Waals surface area contributed by atoms with Crippen molar-refractivity contribution in [2.45, 2.75) is 20.0 Å². The molecule has 126 valence electrons. The quantitative estimate of drug-likeness (QED) is 0.466. The molecule has 0 unspecified atom stereocenters. The lowest BCUT2D eigenvalue weighted by molar-refractivity contribution is 0.0729. The second-order valence-corrected chi connectivity index (χ2v) is 5.91. The standard InChI is InChI=1S/C22H20O3/c1-16(2)24-21-15-9-7-13-19(21)22(23)25-20-14-8-6-12-18(20)17-10-4-3-5-11-17/h3-16H,1-2H3. The van der Waals surface area contributed by atoms with Gasteiger partial charge in [-0.05, 0) is 37.6 Å². The van der Waals surface area contributed by atoms with E-state index in [9.17, 15) is 4.79 Å². The average molecular weight is 332 g/mol. The van der Waals surface area contributed by atoms with Crippen LogP contribution in [0.25, 0.3) is 11.1 Å². The molecule has 0 fully saturated rings. The van der Waals surface area contributed by atoms with E-state index in [4.69, 9.17) is 9.47 Å². The predicted octanol–water partition coefficient (Wildman–Crippen LogP) is 5.36. The van der Waals surface area contributed by atoms with Crippen molar-refractivity contribution in [3.8, 4) is 22.6 Å². The molecule has 0 atom stereocenters. The van der Waals surface area contributed by atoms with E-state index in [-0.39, 0.29) is 6.10 Å². The summed E-state index contributed by atoms with van der Waals surface area (Å²) in [4.78, 5) is 12.7. The van der Waals surface area contributed by atoms with Gasteiger partial charge in [0, 0.05) is 5.56 Å². The third kappa shape index (κ3) is 4.07. The predicted molar refractivity (Wildman–Crippen MR) is 99.0 cm³/mol. The van der Waals surface area contributed by atoms with Crippen molar-refractivity contribution in [1.82, 2.24) is 0 Å². The summed E-state index contributed by atoms with van der Waals surface area (Å²) in [7, 11) is 0. The fourth-order valence-corrected chi connectivity index (χ4v) is 2.56. The smallest absolute Gasteiger partial charge is 0.347 e. The Morgan fingerprint density at radius 2 is 1.36 bits per heavy atom. The molecule has 3 rings (SSSR count). The molecule has 0 aromatic heterocycles. The molecule has 3 heteroatoms. The second-order valence-electron chi connectivity index (χ2n) is 5.91. The highest BCUT2D eigenvalue weighted by atomic mass is 16.5. The van der Waals surface area contributed by atoms with Crippen LogP contribution < -0.4 is 9.47 Å². The molecule has 0 spiro atoms. The SMILES string of the molecule is CC(C)Oc1ccccc1C(=O)Oc1ccccc1-c1ccccc1. The maximum Gasteiger partial charge on any atom is 0.347 e.